The van der Waals surface area contributed by atoms with Gasteiger partial charge in [0.25, 0.3) is 11.5 Å². The second-order valence-electron chi connectivity index (χ2n) is 7.12. The smallest absolute Gasteiger partial charge is 0.270 e. The molecule has 0 spiro atoms. The molecule has 0 unspecified atom stereocenters. The molecule has 1 N–H and O–H groups in total. The van der Waals surface area contributed by atoms with Crippen LogP contribution in [-0.2, 0) is 0 Å². The number of rotatable bonds is 3. The number of nitrogens with zero attached hydrogens (tertiary/aromatic N) is 5. The number of fused-ring (bicyclic) bond motifs is 1. The maximum absolute atomic E-state index is 13.0. The van der Waals surface area contributed by atoms with Gasteiger partial charge in [0.1, 0.15) is 4.70 Å². The molecule has 28 heavy (non-hydrogen) atoms. The molecular weight excluding hydrogens is 376 g/mol. The summed E-state index contributed by atoms with van der Waals surface area (Å²) in [6.07, 6.45) is 3.68. The summed E-state index contributed by atoms with van der Waals surface area (Å²) in [5.74, 6) is 0.186. The minimum atomic E-state index is -0.324. The average Bonchev–Trinajstić information content (AvgIpc) is 3.34. The maximum atomic E-state index is 13.0. The quantitative estimate of drug-likeness (QED) is 0.732. The van der Waals surface area contributed by atoms with E-state index in [1.807, 2.05) is 12.3 Å². The Hall–Kier alpha value is -2.99. The summed E-state index contributed by atoms with van der Waals surface area (Å²) in [4.78, 5) is 34.2. The normalized spacial score (nSPS) is 16.2. The lowest BCUT2D eigenvalue weighted by Gasteiger charge is -2.36. The Balaban J connectivity index is 1.61. The van der Waals surface area contributed by atoms with E-state index in [1.54, 1.807) is 17.9 Å². The topological polar surface area (TPSA) is 108 Å². The summed E-state index contributed by atoms with van der Waals surface area (Å²) < 4.78 is 2.05. The van der Waals surface area contributed by atoms with Crippen molar-refractivity contribution in [1.29, 1.82) is 5.26 Å². The lowest BCUT2D eigenvalue weighted by Crippen LogP contribution is -2.42. The Morgan fingerprint density at radius 1 is 1.43 bits per heavy atom. The van der Waals surface area contributed by atoms with Crippen molar-refractivity contribution in [3.05, 3.63) is 39.3 Å². The van der Waals surface area contributed by atoms with Crippen LogP contribution in [0.4, 0.5) is 0 Å². The Labute approximate surface area is 165 Å². The zero-order valence-corrected chi connectivity index (χ0v) is 16.5. The number of carbonyl (C=O) groups excluding carboxylic acids is 1. The fourth-order valence-corrected chi connectivity index (χ4v) is 4.37. The molecule has 0 atom stereocenters. The molecule has 4 rings (SSSR count). The Morgan fingerprint density at radius 3 is 2.86 bits per heavy atom. The van der Waals surface area contributed by atoms with Gasteiger partial charge in [-0.15, -0.1) is 11.3 Å². The van der Waals surface area contributed by atoms with Crippen molar-refractivity contribution in [3.8, 4) is 12.0 Å². The molecule has 0 aromatic carbocycles. The molecule has 1 fully saturated rings. The molecule has 144 valence electrons. The number of nitriles is 1. The second-order valence-corrected chi connectivity index (χ2v) is 8.03. The molecule has 4 heterocycles. The van der Waals surface area contributed by atoms with Crippen molar-refractivity contribution < 1.29 is 4.79 Å². The number of hydrogen-bond donors (Lipinski definition) is 1. The minimum Gasteiger partial charge on any atom is -0.338 e. The monoisotopic (exact) mass is 396 g/mol. The maximum Gasteiger partial charge on any atom is 0.270 e. The Morgan fingerprint density at radius 2 is 2.18 bits per heavy atom. The van der Waals surface area contributed by atoms with E-state index in [0.29, 0.717) is 53.4 Å². The standard InChI is InChI=1S/C19H20N6O2S/c1-3-19(11-20)5-7-24(8-6-19)17(27)13-10-21-25(12(13)2)18-22-14-4-9-28-15(14)16(26)23-18/h4,9-10H,3,5-8H2,1-2H3,(H,22,23,26). The van der Waals surface area contributed by atoms with Crippen molar-refractivity contribution in [2.75, 3.05) is 13.1 Å². The third-order valence-electron chi connectivity index (χ3n) is 5.66. The molecule has 1 saturated heterocycles. The third-order valence-corrected chi connectivity index (χ3v) is 6.57. The molecule has 3 aromatic heterocycles. The Kier molecular flexibility index (Phi) is 4.51. The third kappa shape index (κ3) is 2.90. The van der Waals surface area contributed by atoms with E-state index >= 15 is 0 Å². The van der Waals surface area contributed by atoms with Crippen molar-refractivity contribution >= 4 is 27.5 Å². The molecule has 9 heteroatoms. The van der Waals surface area contributed by atoms with Crippen LogP contribution in [0.2, 0.25) is 0 Å². The zero-order valence-electron chi connectivity index (χ0n) is 15.7. The van der Waals surface area contributed by atoms with Crippen LogP contribution in [0.3, 0.4) is 0 Å². The summed E-state index contributed by atoms with van der Waals surface area (Å²) in [5.41, 5.74) is 1.16. The highest BCUT2D eigenvalue weighted by Crippen LogP contribution is 2.34. The fraction of sp³-hybridized carbons (Fsp3) is 0.421. The van der Waals surface area contributed by atoms with Gasteiger partial charge in [0.05, 0.1) is 34.5 Å². The molecule has 3 aromatic rings. The molecule has 0 aliphatic carbocycles. The first-order chi connectivity index (χ1) is 13.5. The first-order valence-corrected chi connectivity index (χ1v) is 10.1. The zero-order chi connectivity index (χ0) is 19.9. The lowest BCUT2D eigenvalue weighted by atomic mass is 9.77. The summed E-state index contributed by atoms with van der Waals surface area (Å²) in [7, 11) is 0. The number of thiophene rings is 1. The molecule has 1 aliphatic rings. The summed E-state index contributed by atoms with van der Waals surface area (Å²) >= 11 is 1.33. The molecule has 0 saturated carbocycles. The van der Waals surface area contributed by atoms with Crippen molar-refractivity contribution in [2.24, 2.45) is 5.41 Å². The van der Waals surface area contributed by atoms with E-state index in [-0.39, 0.29) is 16.9 Å². The number of amides is 1. The number of aromatic amines is 1. The summed E-state index contributed by atoms with van der Waals surface area (Å²) in [6.45, 7) is 4.92. The predicted molar refractivity (Wildman–Crippen MR) is 106 cm³/mol. The van der Waals surface area contributed by atoms with Crippen molar-refractivity contribution in [3.63, 3.8) is 0 Å². The van der Waals surface area contributed by atoms with Gasteiger partial charge in [-0.05, 0) is 37.6 Å². The van der Waals surface area contributed by atoms with Gasteiger partial charge in [0.15, 0.2) is 0 Å². The first kappa shape index (κ1) is 18.4. The Bertz CT molecular complexity index is 1140. The minimum absolute atomic E-state index is 0.106. The van der Waals surface area contributed by atoms with Crippen LogP contribution < -0.4 is 5.56 Å². The number of likely N-dealkylation sites (tertiary alicyclic amines) is 1. The highest BCUT2D eigenvalue weighted by molar-refractivity contribution is 7.17. The van der Waals surface area contributed by atoms with Gasteiger partial charge in [0, 0.05) is 13.1 Å². The van der Waals surface area contributed by atoms with Crippen LogP contribution in [0, 0.1) is 23.7 Å². The number of piperidine rings is 1. The van der Waals surface area contributed by atoms with Crippen molar-refractivity contribution in [2.45, 2.75) is 33.1 Å². The predicted octanol–water partition coefficient (Wildman–Crippen LogP) is 2.63. The van der Waals surface area contributed by atoms with Crippen LogP contribution in [0.5, 0.6) is 0 Å². The highest BCUT2D eigenvalue weighted by Gasteiger charge is 2.35. The number of H-pyrrole nitrogens is 1. The van der Waals surface area contributed by atoms with E-state index in [4.69, 9.17) is 0 Å². The van der Waals surface area contributed by atoms with E-state index in [0.717, 1.165) is 6.42 Å². The van der Waals surface area contributed by atoms with Gasteiger partial charge in [-0.2, -0.15) is 10.4 Å². The average molecular weight is 396 g/mol. The second kappa shape index (κ2) is 6.87. The molecule has 1 aliphatic heterocycles. The van der Waals surface area contributed by atoms with Gasteiger partial charge in [0.2, 0.25) is 5.95 Å². The van der Waals surface area contributed by atoms with Crippen LogP contribution in [0.15, 0.2) is 22.4 Å². The van der Waals surface area contributed by atoms with Crippen LogP contribution in [-0.4, -0.2) is 43.6 Å². The SMILES string of the molecule is CCC1(C#N)CCN(C(=O)c2cnn(-c3nc4ccsc4c(=O)[nH]3)c2C)CC1. The van der Waals surface area contributed by atoms with E-state index in [2.05, 4.69) is 21.1 Å². The number of nitrogens with one attached hydrogen (secondary N) is 1. The number of carbonyl (C=O) groups is 1. The summed E-state index contributed by atoms with van der Waals surface area (Å²) in [6, 6.07) is 4.21. The van der Waals surface area contributed by atoms with Gasteiger partial charge in [-0.3, -0.25) is 14.6 Å². The number of aromatic nitrogens is 4. The first-order valence-electron chi connectivity index (χ1n) is 9.21. The van der Waals surface area contributed by atoms with E-state index in [1.165, 1.54) is 22.2 Å². The van der Waals surface area contributed by atoms with Gasteiger partial charge >= 0.3 is 0 Å². The molecule has 8 nitrogen and oxygen atoms in total. The summed E-state index contributed by atoms with van der Waals surface area (Å²) in [5, 5.41) is 15.5. The van der Waals surface area contributed by atoms with Crippen LogP contribution >= 0.6 is 11.3 Å². The van der Waals surface area contributed by atoms with E-state index < -0.39 is 0 Å². The largest absolute Gasteiger partial charge is 0.338 e. The van der Waals surface area contributed by atoms with Crippen LogP contribution in [0.25, 0.3) is 16.2 Å². The fourth-order valence-electron chi connectivity index (χ4n) is 3.65. The highest BCUT2D eigenvalue weighted by atomic mass is 32.1. The molecule has 0 bridgehead atoms. The van der Waals surface area contributed by atoms with Crippen molar-refractivity contribution in [1.82, 2.24) is 24.6 Å². The number of hydrogen-bond acceptors (Lipinski definition) is 6. The van der Waals surface area contributed by atoms with Gasteiger partial charge in [-0.25, -0.2) is 9.67 Å². The van der Waals surface area contributed by atoms with E-state index in [9.17, 15) is 14.9 Å². The molecule has 1 amide bonds. The lowest BCUT2D eigenvalue weighted by molar-refractivity contribution is 0.0642. The van der Waals surface area contributed by atoms with Gasteiger partial charge < -0.3 is 4.90 Å². The molecule has 0 radical (unpaired) electrons. The van der Waals surface area contributed by atoms with Gasteiger partial charge in [-0.1, -0.05) is 6.92 Å². The van der Waals surface area contributed by atoms with Crippen LogP contribution in [0.1, 0.15) is 42.2 Å². The molecular formula is C19H20N6O2S.